The lowest BCUT2D eigenvalue weighted by atomic mass is 10.0. The molecule has 0 aromatic heterocycles. The van der Waals surface area contributed by atoms with Crippen LogP contribution in [0.25, 0.3) is 0 Å². The number of unbranched alkanes of at least 4 members (excludes halogenated alkanes) is 36. The molecule has 4 nitrogen and oxygen atoms in total. The third kappa shape index (κ3) is 42.0. The molecule has 1 amide bonds. The first-order valence-electron chi connectivity index (χ1n) is 24.6. The average Bonchev–Trinajstić information content (AvgIpc) is 3.18. The van der Waals surface area contributed by atoms with Crippen LogP contribution in [0.15, 0.2) is 24.3 Å². The summed E-state index contributed by atoms with van der Waals surface area (Å²) in [6.45, 7) is 4.32. The first kappa shape index (κ1) is 52.9. The molecule has 2 unspecified atom stereocenters. The maximum atomic E-state index is 12.4. The standard InChI is InChI=1S/C50H97NO3/c1-3-5-7-9-11-13-15-17-19-20-21-22-23-24-25-26-27-28-29-30-32-33-35-37-39-41-43-45-49(53)48(47-52)51-50(54)46-44-42-40-38-36-34-31-18-16-14-12-10-8-6-4-2/h35,37,43,45,48-49,52-53H,3-34,36,38-42,44,46-47H2,1-2H3,(H,51,54)/b37-35+,45-43+. The quantitative estimate of drug-likeness (QED) is 0.0428. The van der Waals surface area contributed by atoms with E-state index in [1.807, 2.05) is 6.08 Å². The van der Waals surface area contributed by atoms with Gasteiger partial charge >= 0.3 is 0 Å². The topological polar surface area (TPSA) is 69.6 Å². The molecule has 320 valence electrons. The molecule has 0 aliphatic rings. The molecule has 3 N–H and O–H groups in total. The fourth-order valence-corrected chi connectivity index (χ4v) is 7.67. The number of amides is 1. The van der Waals surface area contributed by atoms with Crippen LogP contribution in [0.4, 0.5) is 0 Å². The number of aliphatic hydroxyl groups excluding tert-OH is 2. The van der Waals surface area contributed by atoms with Crippen molar-refractivity contribution in [1.82, 2.24) is 5.32 Å². The molecule has 0 heterocycles. The van der Waals surface area contributed by atoms with Crippen LogP contribution in [0.3, 0.4) is 0 Å². The summed E-state index contributed by atoms with van der Waals surface area (Å²) in [6.07, 6.45) is 60.3. The van der Waals surface area contributed by atoms with Crippen LogP contribution in [-0.4, -0.2) is 34.9 Å². The van der Waals surface area contributed by atoms with Crippen molar-refractivity contribution in [3.63, 3.8) is 0 Å². The number of hydrogen-bond donors (Lipinski definition) is 3. The molecule has 0 radical (unpaired) electrons. The van der Waals surface area contributed by atoms with Crippen molar-refractivity contribution in [3.8, 4) is 0 Å². The van der Waals surface area contributed by atoms with Gasteiger partial charge in [-0.2, -0.15) is 0 Å². The van der Waals surface area contributed by atoms with Gasteiger partial charge in [-0.15, -0.1) is 0 Å². The van der Waals surface area contributed by atoms with E-state index in [4.69, 9.17) is 0 Å². The van der Waals surface area contributed by atoms with Crippen LogP contribution < -0.4 is 5.32 Å². The fraction of sp³-hybridized carbons (Fsp3) is 0.900. The maximum absolute atomic E-state index is 12.4. The number of aliphatic hydroxyl groups is 2. The summed E-state index contributed by atoms with van der Waals surface area (Å²) in [4.78, 5) is 12.4. The van der Waals surface area contributed by atoms with E-state index < -0.39 is 12.1 Å². The molecule has 0 saturated heterocycles. The van der Waals surface area contributed by atoms with Crippen molar-refractivity contribution in [2.75, 3.05) is 6.61 Å². The van der Waals surface area contributed by atoms with E-state index >= 15 is 0 Å². The van der Waals surface area contributed by atoms with Gasteiger partial charge in [0.25, 0.3) is 0 Å². The Kier molecular flexibility index (Phi) is 45.3. The highest BCUT2D eigenvalue weighted by molar-refractivity contribution is 5.76. The van der Waals surface area contributed by atoms with Gasteiger partial charge in [0.1, 0.15) is 0 Å². The Balaban J connectivity index is 3.52. The Morgan fingerprint density at radius 1 is 0.426 bits per heavy atom. The smallest absolute Gasteiger partial charge is 0.220 e. The Labute approximate surface area is 339 Å². The first-order chi connectivity index (χ1) is 26.7. The fourth-order valence-electron chi connectivity index (χ4n) is 7.67. The number of carbonyl (C=O) groups excluding carboxylic acids is 1. The van der Waals surface area contributed by atoms with Crippen LogP contribution >= 0.6 is 0 Å². The third-order valence-electron chi connectivity index (χ3n) is 11.4. The lowest BCUT2D eigenvalue weighted by molar-refractivity contribution is -0.123. The second-order valence-electron chi connectivity index (χ2n) is 16.9. The second-order valence-corrected chi connectivity index (χ2v) is 16.9. The normalized spacial score (nSPS) is 13.0. The molecule has 2 atom stereocenters. The van der Waals surface area contributed by atoms with Gasteiger partial charge in [-0.25, -0.2) is 0 Å². The number of nitrogens with one attached hydrogen (secondary N) is 1. The summed E-state index contributed by atoms with van der Waals surface area (Å²) >= 11 is 0. The van der Waals surface area contributed by atoms with Crippen LogP contribution in [0.2, 0.25) is 0 Å². The van der Waals surface area contributed by atoms with E-state index in [1.165, 1.54) is 218 Å². The molecule has 0 bridgehead atoms. The molecule has 54 heavy (non-hydrogen) atoms. The molecule has 0 aliphatic heterocycles. The Morgan fingerprint density at radius 3 is 1.07 bits per heavy atom. The molecular formula is C50H97NO3. The number of carbonyl (C=O) groups is 1. The van der Waals surface area contributed by atoms with Crippen molar-refractivity contribution in [3.05, 3.63) is 24.3 Å². The van der Waals surface area contributed by atoms with Gasteiger partial charge in [0.05, 0.1) is 18.8 Å². The zero-order valence-electron chi connectivity index (χ0n) is 36.8. The lowest BCUT2D eigenvalue weighted by Gasteiger charge is -2.19. The highest BCUT2D eigenvalue weighted by atomic mass is 16.3. The largest absolute Gasteiger partial charge is 0.394 e. The van der Waals surface area contributed by atoms with Crippen molar-refractivity contribution < 1.29 is 15.0 Å². The van der Waals surface area contributed by atoms with Gasteiger partial charge in [-0.05, 0) is 32.1 Å². The minimum Gasteiger partial charge on any atom is -0.394 e. The molecular weight excluding hydrogens is 663 g/mol. The Morgan fingerprint density at radius 2 is 0.722 bits per heavy atom. The molecule has 0 fully saturated rings. The SMILES string of the molecule is CCCCCCCCCCCCCCCCCCCCCCC/C=C/CC/C=C/C(O)C(CO)NC(=O)CCCCCCCCCCCCCCCCC. The van der Waals surface area contributed by atoms with Gasteiger partial charge in [0, 0.05) is 6.42 Å². The lowest BCUT2D eigenvalue weighted by Crippen LogP contribution is -2.45. The van der Waals surface area contributed by atoms with Crippen molar-refractivity contribution in [1.29, 1.82) is 0 Å². The van der Waals surface area contributed by atoms with E-state index in [-0.39, 0.29) is 12.5 Å². The van der Waals surface area contributed by atoms with Crippen LogP contribution in [-0.2, 0) is 4.79 Å². The van der Waals surface area contributed by atoms with E-state index in [1.54, 1.807) is 6.08 Å². The van der Waals surface area contributed by atoms with Gasteiger partial charge in [-0.3, -0.25) is 4.79 Å². The molecule has 0 aliphatic carbocycles. The maximum Gasteiger partial charge on any atom is 0.220 e. The van der Waals surface area contributed by atoms with E-state index in [9.17, 15) is 15.0 Å². The van der Waals surface area contributed by atoms with Gasteiger partial charge in [0.15, 0.2) is 0 Å². The summed E-state index contributed by atoms with van der Waals surface area (Å²) < 4.78 is 0. The minimum atomic E-state index is -0.858. The summed E-state index contributed by atoms with van der Waals surface area (Å²) in [7, 11) is 0. The highest BCUT2D eigenvalue weighted by Crippen LogP contribution is 2.16. The molecule has 0 aromatic rings. The van der Waals surface area contributed by atoms with E-state index in [0.717, 1.165) is 32.1 Å². The summed E-state index contributed by atoms with van der Waals surface area (Å²) in [5, 5.41) is 23.0. The second kappa shape index (κ2) is 46.3. The van der Waals surface area contributed by atoms with Crippen molar-refractivity contribution in [2.24, 2.45) is 0 Å². The zero-order valence-corrected chi connectivity index (χ0v) is 36.8. The van der Waals surface area contributed by atoms with Crippen LogP contribution in [0, 0.1) is 0 Å². The number of hydrogen-bond acceptors (Lipinski definition) is 3. The van der Waals surface area contributed by atoms with Crippen LogP contribution in [0.1, 0.15) is 271 Å². The Bertz CT molecular complexity index is 780. The molecule has 0 rings (SSSR count). The molecule has 0 aromatic carbocycles. The van der Waals surface area contributed by atoms with Gasteiger partial charge in [0.2, 0.25) is 5.91 Å². The van der Waals surface area contributed by atoms with Gasteiger partial charge < -0.3 is 15.5 Å². The number of rotatable bonds is 45. The third-order valence-corrected chi connectivity index (χ3v) is 11.4. The summed E-state index contributed by atoms with van der Waals surface area (Å²) in [5.74, 6) is -0.0700. The summed E-state index contributed by atoms with van der Waals surface area (Å²) in [6, 6.07) is -0.635. The molecule has 4 heteroatoms. The van der Waals surface area contributed by atoms with Crippen molar-refractivity contribution >= 4 is 5.91 Å². The van der Waals surface area contributed by atoms with E-state index in [0.29, 0.717) is 6.42 Å². The highest BCUT2D eigenvalue weighted by Gasteiger charge is 2.17. The molecule has 0 spiro atoms. The number of allylic oxidation sites excluding steroid dienone is 3. The summed E-state index contributed by atoms with van der Waals surface area (Å²) in [5.41, 5.74) is 0. The average molecular weight is 760 g/mol. The minimum absolute atomic E-state index is 0.0700. The van der Waals surface area contributed by atoms with Crippen LogP contribution in [0.5, 0.6) is 0 Å². The van der Waals surface area contributed by atoms with E-state index in [2.05, 4.69) is 31.3 Å². The monoisotopic (exact) mass is 760 g/mol. The van der Waals surface area contributed by atoms with Crippen molar-refractivity contribution in [2.45, 2.75) is 283 Å². The first-order valence-corrected chi connectivity index (χ1v) is 24.6. The predicted octanol–water partition coefficient (Wildman–Crippen LogP) is 15.6. The zero-order chi connectivity index (χ0) is 39.3. The van der Waals surface area contributed by atoms with Gasteiger partial charge in [-0.1, -0.05) is 256 Å². The Hall–Kier alpha value is -1.13. The molecule has 0 saturated carbocycles. The predicted molar refractivity (Wildman–Crippen MR) is 239 cm³/mol.